The summed E-state index contributed by atoms with van der Waals surface area (Å²) in [6.45, 7) is 0. The highest BCUT2D eigenvalue weighted by atomic mass is 32.2. The highest BCUT2D eigenvalue weighted by Crippen LogP contribution is 2.42. The second kappa shape index (κ2) is 5.06. The van der Waals surface area contributed by atoms with Gasteiger partial charge in [-0.3, -0.25) is 10.1 Å². The van der Waals surface area contributed by atoms with Gasteiger partial charge in [0.2, 0.25) is 0 Å². The standard InChI is InChI=1S/C14H17NO3S/c1-17-9-4-3-8-5-12-13(10(8)6-9)15-11(7-19-12)14(16)18-2/h3-4,6,11-13,15H,5,7H2,1-2H3. The van der Waals surface area contributed by atoms with Crippen LogP contribution >= 0.6 is 11.8 Å². The Morgan fingerprint density at radius 2 is 2.26 bits per heavy atom. The molecule has 0 spiro atoms. The maximum absolute atomic E-state index is 11.7. The lowest BCUT2D eigenvalue weighted by atomic mass is 10.1. The molecule has 0 saturated carbocycles. The van der Waals surface area contributed by atoms with E-state index in [0.717, 1.165) is 17.9 Å². The number of ether oxygens (including phenoxy) is 2. The van der Waals surface area contributed by atoms with E-state index in [1.165, 1.54) is 18.2 Å². The van der Waals surface area contributed by atoms with Gasteiger partial charge in [0.15, 0.2) is 0 Å². The lowest BCUT2D eigenvalue weighted by Gasteiger charge is -2.32. The van der Waals surface area contributed by atoms with E-state index in [0.29, 0.717) is 5.25 Å². The molecule has 1 saturated heterocycles. The van der Waals surface area contributed by atoms with E-state index in [1.54, 1.807) is 7.11 Å². The third kappa shape index (κ3) is 2.21. The van der Waals surface area contributed by atoms with E-state index in [4.69, 9.17) is 9.47 Å². The van der Waals surface area contributed by atoms with Crippen molar-refractivity contribution in [2.45, 2.75) is 23.8 Å². The largest absolute Gasteiger partial charge is 0.497 e. The molecule has 0 bridgehead atoms. The Balaban J connectivity index is 1.86. The molecule has 1 aromatic rings. The molecule has 1 heterocycles. The Morgan fingerprint density at radius 3 is 3.00 bits per heavy atom. The van der Waals surface area contributed by atoms with Crippen molar-refractivity contribution in [3.05, 3.63) is 29.3 Å². The zero-order valence-electron chi connectivity index (χ0n) is 11.0. The molecule has 3 rings (SSSR count). The SMILES string of the molecule is COC(=O)C1CSC2Cc3ccc(OC)cc3C2N1. The first-order valence-electron chi connectivity index (χ1n) is 6.35. The zero-order valence-corrected chi connectivity index (χ0v) is 11.8. The van der Waals surface area contributed by atoms with E-state index in [9.17, 15) is 4.79 Å². The second-order valence-electron chi connectivity index (χ2n) is 4.86. The fourth-order valence-electron chi connectivity index (χ4n) is 2.83. The first-order chi connectivity index (χ1) is 9.22. The van der Waals surface area contributed by atoms with Gasteiger partial charge in [-0.25, -0.2) is 0 Å². The zero-order chi connectivity index (χ0) is 13.4. The fourth-order valence-corrected chi connectivity index (χ4v) is 4.21. The lowest BCUT2D eigenvalue weighted by Crippen LogP contribution is -2.47. The van der Waals surface area contributed by atoms with Crippen LogP contribution in [-0.4, -0.2) is 37.2 Å². The summed E-state index contributed by atoms with van der Waals surface area (Å²) in [7, 11) is 3.11. The summed E-state index contributed by atoms with van der Waals surface area (Å²) in [4.78, 5) is 11.7. The molecule has 102 valence electrons. The topological polar surface area (TPSA) is 47.6 Å². The predicted octanol–water partition coefficient (Wildman–Crippen LogP) is 1.54. The van der Waals surface area contributed by atoms with Crippen LogP contribution in [0.2, 0.25) is 0 Å². The molecule has 1 aliphatic heterocycles. The van der Waals surface area contributed by atoms with Gasteiger partial charge in [-0.05, 0) is 29.7 Å². The molecule has 2 aliphatic rings. The molecule has 0 radical (unpaired) electrons. The number of esters is 1. The minimum absolute atomic E-state index is 0.178. The minimum Gasteiger partial charge on any atom is -0.497 e. The number of carbonyl (C=O) groups is 1. The first kappa shape index (κ1) is 12.8. The van der Waals surface area contributed by atoms with E-state index in [1.807, 2.05) is 17.8 Å². The van der Waals surface area contributed by atoms with Gasteiger partial charge in [0.05, 0.1) is 14.2 Å². The Morgan fingerprint density at radius 1 is 1.42 bits per heavy atom. The monoisotopic (exact) mass is 279 g/mol. The summed E-state index contributed by atoms with van der Waals surface area (Å²) in [5, 5.41) is 3.93. The van der Waals surface area contributed by atoms with E-state index in [2.05, 4.69) is 17.4 Å². The molecular formula is C14H17NO3S. The third-order valence-corrected chi connectivity index (χ3v) is 5.22. The van der Waals surface area contributed by atoms with Crippen LogP contribution in [-0.2, 0) is 16.0 Å². The average Bonchev–Trinajstić information content (AvgIpc) is 2.83. The second-order valence-corrected chi connectivity index (χ2v) is 6.13. The van der Waals surface area contributed by atoms with Gasteiger partial charge in [-0.2, -0.15) is 11.8 Å². The van der Waals surface area contributed by atoms with Gasteiger partial charge >= 0.3 is 5.97 Å². The van der Waals surface area contributed by atoms with Crippen LogP contribution in [0.3, 0.4) is 0 Å². The number of hydrogen-bond acceptors (Lipinski definition) is 5. The van der Waals surface area contributed by atoms with Gasteiger partial charge in [-0.1, -0.05) is 6.07 Å². The third-order valence-electron chi connectivity index (χ3n) is 3.82. The van der Waals surface area contributed by atoms with Crippen molar-refractivity contribution in [3.8, 4) is 5.75 Å². The van der Waals surface area contributed by atoms with Crippen LogP contribution in [0.25, 0.3) is 0 Å². The highest BCUT2D eigenvalue weighted by Gasteiger charge is 2.40. The number of hydrogen-bond donors (Lipinski definition) is 1. The predicted molar refractivity (Wildman–Crippen MR) is 74.6 cm³/mol. The summed E-state index contributed by atoms with van der Waals surface area (Å²) in [6.07, 6.45) is 1.05. The smallest absolute Gasteiger partial charge is 0.323 e. The minimum atomic E-state index is -0.214. The number of methoxy groups -OCH3 is 2. The van der Waals surface area contributed by atoms with Crippen LogP contribution in [0.5, 0.6) is 5.75 Å². The number of carbonyl (C=O) groups excluding carboxylic acids is 1. The summed E-state index contributed by atoms with van der Waals surface area (Å²) in [5.41, 5.74) is 2.60. The molecule has 1 aromatic carbocycles. The van der Waals surface area contributed by atoms with Gasteiger partial charge in [0, 0.05) is 17.0 Å². The average molecular weight is 279 g/mol. The number of benzene rings is 1. The molecule has 3 atom stereocenters. The number of thioether (sulfide) groups is 1. The number of rotatable bonds is 2. The summed E-state index contributed by atoms with van der Waals surface area (Å²) in [6, 6.07) is 6.20. The molecule has 0 aromatic heterocycles. The van der Waals surface area contributed by atoms with Crippen LogP contribution in [0.15, 0.2) is 18.2 Å². The van der Waals surface area contributed by atoms with E-state index < -0.39 is 0 Å². The number of fused-ring (bicyclic) bond motifs is 3. The molecule has 19 heavy (non-hydrogen) atoms. The van der Waals surface area contributed by atoms with Crippen molar-refractivity contribution in [2.75, 3.05) is 20.0 Å². The van der Waals surface area contributed by atoms with Crippen molar-refractivity contribution in [1.29, 1.82) is 0 Å². The van der Waals surface area contributed by atoms with Crippen LogP contribution in [0, 0.1) is 0 Å². The summed E-state index contributed by atoms with van der Waals surface area (Å²) < 4.78 is 10.1. The normalized spacial score (nSPS) is 28.4. The Bertz CT molecular complexity index is 505. The van der Waals surface area contributed by atoms with Crippen LogP contribution < -0.4 is 10.1 Å². The lowest BCUT2D eigenvalue weighted by molar-refractivity contribution is -0.142. The molecule has 1 N–H and O–H groups in total. The van der Waals surface area contributed by atoms with Gasteiger partial charge in [0.25, 0.3) is 0 Å². The van der Waals surface area contributed by atoms with Crippen molar-refractivity contribution >= 4 is 17.7 Å². The highest BCUT2D eigenvalue weighted by molar-refractivity contribution is 8.00. The van der Waals surface area contributed by atoms with E-state index >= 15 is 0 Å². The van der Waals surface area contributed by atoms with Crippen molar-refractivity contribution in [3.63, 3.8) is 0 Å². The van der Waals surface area contributed by atoms with Crippen LogP contribution in [0.1, 0.15) is 17.2 Å². The van der Waals surface area contributed by atoms with Crippen molar-refractivity contribution < 1.29 is 14.3 Å². The van der Waals surface area contributed by atoms with Gasteiger partial charge in [0.1, 0.15) is 11.8 Å². The molecule has 1 fully saturated rings. The molecule has 4 nitrogen and oxygen atoms in total. The molecule has 1 aliphatic carbocycles. The Hall–Kier alpha value is -1.20. The quantitative estimate of drug-likeness (QED) is 0.832. The van der Waals surface area contributed by atoms with Crippen molar-refractivity contribution in [1.82, 2.24) is 5.32 Å². The maximum Gasteiger partial charge on any atom is 0.323 e. The summed E-state index contributed by atoms with van der Waals surface area (Å²) >= 11 is 1.85. The number of nitrogens with one attached hydrogen (secondary N) is 1. The van der Waals surface area contributed by atoms with Crippen LogP contribution in [0.4, 0.5) is 0 Å². The van der Waals surface area contributed by atoms with Crippen molar-refractivity contribution in [2.24, 2.45) is 0 Å². The Labute approximate surface area is 116 Å². The van der Waals surface area contributed by atoms with Gasteiger partial charge < -0.3 is 9.47 Å². The maximum atomic E-state index is 11.7. The molecule has 3 unspecified atom stereocenters. The molecular weight excluding hydrogens is 262 g/mol. The molecule has 5 heteroatoms. The summed E-state index contributed by atoms with van der Waals surface area (Å²) in [5.74, 6) is 1.47. The first-order valence-corrected chi connectivity index (χ1v) is 7.40. The van der Waals surface area contributed by atoms with E-state index in [-0.39, 0.29) is 18.1 Å². The molecule has 0 amide bonds. The van der Waals surface area contributed by atoms with Gasteiger partial charge in [-0.15, -0.1) is 0 Å². The Kier molecular flexibility index (Phi) is 3.41. The fraction of sp³-hybridized carbons (Fsp3) is 0.500.